The first-order valence-corrected chi connectivity index (χ1v) is 7.41. The first kappa shape index (κ1) is 15.1. The number of methoxy groups -OCH3 is 1. The van der Waals surface area contributed by atoms with Crippen LogP contribution in [0.2, 0.25) is 0 Å². The summed E-state index contributed by atoms with van der Waals surface area (Å²) in [6, 6.07) is 0.456. The molecule has 0 unspecified atom stereocenters. The molecule has 1 amide bonds. The summed E-state index contributed by atoms with van der Waals surface area (Å²) in [7, 11) is 1.44. The summed E-state index contributed by atoms with van der Waals surface area (Å²) >= 11 is 0. The number of carboxylic acid groups (broad SMARTS) is 1. The zero-order valence-electron chi connectivity index (χ0n) is 12.1. The van der Waals surface area contributed by atoms with Crippen molar-refractivity contribution in [2.75, 3.05) is 33.3 Å². The maximum Gasteiger partial charge on any atom is 0.407 e. The van der Waals surface area contributed by atoms with Gasteiger partial charge in [0.05, 0.1) is 13.0 Å². The van der Waals surface area contributed by atoms with Crippen LogP contribution >= 0.6 is 0 Å². The molecule has 2 heterocycles. The Morgan fingerprint density at radius 3 is 2.35 bits per heavy atom. The van der Waals surface area contributed by atoms with Crippen LogP contribution in [0.25, 0.3) is 0 Å². The van der Waals surface area contributed by atoms with Crippen molar-refractivity contribution in [1.29, 1.82) is 0 Å². The van der Waals surface area contributed by atoms with Gasteiger partial charge in [-0.2, -0.15) is 0 Å². The summed E-state index contributed by atoms with van der Waals surface area (Å²) in [5, 5.41) is 9.04. The lowest BCUT2D eigenvalue weighted by Crippen LogP contribution is -2.43. The number of piperidine rings is 1. The summed E-state index contributed by atoms with van der Waals surface area (Å²) in [6.07, 6.45) is 3.77. The Morgan fingerprint density at radius 1 is 1.05 bits per heavy atom. The number of nitrogens with zero attached hydrogens (tertiary/aromatic N) is 2. The van der Waals surface area contributed by atoms with Crippen LogP contribution < -0.4 is 0 Å². The number of hydrogen-bond donors (Lipinski definition) is 1. The summed E-state index contributed by atoms with van der Waals surface area (Å²) in [6.45, 7) is 3.09. The molecule has 2 aliphatic rings. The molecule has 20 heavy (non-hydrogen) atoms. The van der Waals surface area contributed by atoms with Gasteiger partial charge in [0.25, 0.3) is 0 Å². The highest BCUT2D eigenvalue weighted by molar-refractivity contribution is 5.72. The molecule has 0 aliphatic carbocycles. The van der Waals surface area contributed by atoms with E-state index >= 15 is 0 Å². The van der Waals surface area contributed by atoms with E-state index in [1.54, 1.807) is 0 Å². The first-order chi connectivity index (χ1) is 9.61. The van der Waals surface area contributed by atoms with Gasteiger partial charge in [-0.05, 0) is 45.2 Å². The van der Waals surface area contributed by atoms with Gasteiger partial charge >= 0.3 is 12.1 Å². The first-order valence-electron chi connectivity index (χ1n) is 7.41. The zero-order valence-corrected chi connectivity index (χ0v) is 12.1. The van der Waals surface area contributed by atoms with Crippen LogP contribution in [0.3, 0.4) is 0 Å². The van der Waals surface area contributed by atoms with Gasteiger partial charge in [-0.1, -0.05) is 0 Å². The minimum atomic E-state index is -0.810. The Labute approximate surface area is 119 Å². The number of hydrogen-bond acceptors (Lipinski definition) is 4. The summed E-state index contributed by atoms with van der Waals surface area (Å²) in [5.41, 5.74) is 0. The SMILES string of the molecule is COC(=O)C1CCN([C@@H]2CCCN(C(=O)O)CC2)CC1. The summed E-state index contributed by atoms with van der Waals surface area (Å²) in [5.74, 6) is -0.0554. The number of ether oxygens (including phenoxy) is 1. The molecule has 0 spiro atoms. The largest absolute Gasteiger partial charge is 0.469 e. The van der Waals surface area contributed by atoms with E-state index in [-0.39, 0.29) is 11.9 Å². The van der Waals surface area contributed by atoms with Crippen molar-refractivity contribution in [2.45, 2.75) is 38.1 Å². The van der Waals surface area contributed by atoms with Crippen LogP contribution in [0.15, 0.2) is 0 Å². The van der Waals surface area contributed by atoms with Crippen molar-refractivity contribution >= 4 is 12.1 Å². The highest BCUT2D eigenvalue weighted by Crippen LogP contribution is 2.24. The van der Waals surface area contributed by atoms with Gasteiger partial charge in [-0.25, -0.2) is 4.79 Å². The van der Waals surface area contributed by atoms with Crippen LogP contribution in [0.5, 0.6) is 0 Å². The Kier molecular flexibility index (Phi) is 5.23. The van der Waals surface area contributed by atoms with Gasteiger partial charge in [0, 0.05) is 19.1 Å². The molecule has 6 nitrogen and oxygen atoms in total. The molecular weight excluding hydrogens is 260 g/mol. The van der Waals surface area contributed by atoms with E-state index in [0.717, 1.165) is 45.2 Å². The molecule has 0 radical (unpaired) electrons. The number of rotatable bonds is 2. The van der Waals surface area contributed by atoms with E-state index in [9.17, 15) is 9.59 Å². The van der Waals surface area contributed by atoms with Crippen LogP contribution in [-0.2, 0) is 9.53 Å². The maximum absolute atomic E-state index is 11.5. The van der Waals surface area contributed by atoms with E-state index in [2.05, 4.69) is 4.90 Å². The lowest BCUT2D eigenvalue weighted by atomic mass is 9.94. The van der Waals surface area contributed by atoms with E-state index in [1.807, 2.05) is 0 Å². The predicted molar refractivity (Wildman–Crippen MR) is 73.5 cm³/mol. The van der Waals surface area contributed by atoms with Gasteiger partial charge < -0.3 is 19.6 Å². The van der Waals surface area contributed by atoms with E-state index in [0.29, 0.717) is 19.1 Å². The quantitative estimate of drug-likeness (QED) is 0.776. The minimum Gasteiger partial charge on any atom is -0.469 e. The average Bonchev–Trinajstić information content (AvgIpc) is 2.72. The standard InChI is InChI=1S/C14H24N2O4/c1-20-13(17)11-4-8-15(9-5-11)12-3-2-7-16(10-6-12)14(18)19/h11-12H,2-10H2,1H3,(H,18,19)/t12-/m1/s1. The van der Waals surface area contributed by atoms with E-state index in [1.165, 1.54) is 12.0 Å². The van der Waals surface area contributed by atoms with Crippen LogP contribution in [0, 0.1) is 5.92 Å². The van der Waals surface area contributed by atoms with Gasteiger partial charge in [-0.15, -0.1) is 0 Å². The van der Waals surface area contributed by atoms with Crippen LogP contribution in [0.1, 0.15) is 32.1 Å². The van der Waals surface area contributed by atoms with Crippen LogP contribution in [0.4, 0.5) is 4.79 Å². The maximum atomic E-state index is 11.5. The monoisotopic (exact) mass is 284 g/mol. The Bertz CT molecular complexity index is 353. The van der Waals surface area contributed by atoms with Crippen molar-refractivity contribution in [3.63, 3.8) is 0 Å². The number of amides is 1. The molecular formula is C14H24N2O4. The molecule has 6 heteroatoms. The molecule has 0 bridgehead atoms. The van der Waals surface area contributed by atoms with E-state index < -0.39 is 6.09 Å². The third-order valence-corrected chi connectivity index (χ3v) is 4.55. The van der Waals surface area contributed by atoms with Crippen molar-refractivity contribution in [3.8, 4) is 0 Å². The second-order valence-corrected chi connectivity index (χ2v) is 5.69. The highest BCUT2D eigenvalue weighted by atomic mass is 16.5. The Morgan fingerprint density at radius 2 is 1.75 bits per heavy atom. The molecule has 0 aromatic carbocycles. The second-order valence-electron chi connectivity index (χ2n) is 5.69. The average molecular weight is 284 g/mol. The zero-order chi connectivity index (χ0) is 14.5. The summed E-state index contributed by atoms with van der Waals surface area (Å²) in [4.78, 5) is 26.4. The molecule has 2 rings (SSSR count). The van der Waals surface area contributed by atoms with Crippen LogP contribution in [-0.4, -0.2) is 66.3 Å². The number of esters is 1. The van der Waals surface area contributed by atoms with Crippen molar-refractivity contribution in [1.82, 2.24) is 9.80 Å². The fourth-order valence-electron chi connectivity index (χ4n) is 3.30. The van der Waals surface area contributed by atoms with Crippen molar-refractivity contribution in [2.24, 2.45) is 5.92 Å². The fourth-order valence-corrected chi connectivity index (χ4v) is 3.30. The van der Waals surface area contributed by atoms with E-state index in [4.69, 9.17) is 9.84 Å². The third kappa shape index (κ3) is 3.62. The molecule has 1 N–H and O–H groups in total. The normalized spacial score (nSPS) is 26.1. The molecule has 114 valence electrons. The number of likely N-dealkylation sites (tertiary alicyclic amines) is 2. The predicted octanol–water partition coefficient (Wildman–Crippen LogP) is 1.40. The number of carbonyl (C=O) groups is 2. The molecule has 0 saturated carbocycles. The smallest absolute Gasteiger partial charge is 0.407 e. The molecule has 1 atom stereocenters. The number of carbonyl (C=O) groups excluding carboxylic acids is 1. The third-order valence-electron chi connectivity index (χ3n) is 4.55. The highest BCUT2D eigenvalue weighted by Gasteiger charge is 2.30. The Balaban J connectivity index is 1.82. The lowest BCUT2D eigenvalue weighted by Gasteiger charge is -2.36. The molecule has 2 saturated heterocycles. The van der Waals surface area contributed by atoms with Gasteiger partial charge in [0.1, 0.15) is 0 Å². The molecule has 0 aromatic heterocycles. The van der Waals surface area contributed by atoms with Gasteiger partial charge in [0.15, 0.2) is 0 Å². The van der Waals surface area contributed by atoms with Crippen molar-refractivity contribution < 1.29 is 19.4 Å². The fraction of sp³-hybridized carbons (Fsp3) is 0.857. The van der Waals surface area contributed by atoms with Gasteiger partial charge in [0.2, 0.25) is 0 Å². The van der Waals surface area contributed by atoms with Crippen molar-refractivity contribution in [3.05, 3.63) is 0 Å². The summed E-state index contributed by atoms with van der Waals surface area (Å²) < 4.78 is 4.80. The second kappa shape index (κ2) is 6.92. The van der Waals surface area contributed by atoms with Gasteiger partial charge in [-0.3, -0.25) is 4.79 Å². The Hall–Kier alpha value is -1.30. The molecule has 0 aromatic rings. The molecule has 2 fully saturated rings. The lowest BCUT2D eigenvalue weighted by molar-refractivity contribution is -0.147. The molecule has 2 aliphatic heterocycles. The minimum absolute atomic E-state index is 0.0394. The topological polar surface area (TPSA) is 70.1 Å².